The van der Waals surface area contributed by atoms with E-state index in [9.17, 15) is 0 Å². The van der Waals surface area contributed by atoms with Gasteiger partial charge in [-0.2, -0.15) is 0 Å². The lowest BCUT2D eigenvalue weighted by molar-refractivity contribution is 0.0504. The van der Waals surface area contributed by atoms with Crippen LogP contribution in [0.25, 0.3) is 0 Å². The molecule has 0 spiro atoms. The fourth-order valence-corrected chi connectivity index (χ4v) is 2.11. The maximum atomic E-state index is 5.62. The molecule has 2 unspecified atom stereocenters. The van der Waals surface area contributed by atoms with Crippen LogP contribution in [0.15, 0.2) is 0 Å². The van der Waals surface area contributed by atoms with Crippen molar-refractivity contribution in [2.75, 3.05) is 13.2 Å². The van der Waals surface area contributed by atoms with Gasteiger partial charge in [-0.25, -0.2) is 0 Å². The highest BCUT2D eigenvalue weighted by Crippen LogP contribution is 2.23. The van der Waals surface area contributed by atoms with Crippen molar-refractivity contribution in [3.63, 3.8) is 0 Å². The first kappa shape index (κ1) is 12.0. The van der Waals surface area contributed by atoms with E-state index in [-0.39, 0.29) is 0 Å². The Morgan fingerprint density at radius 2 is 2.07 bits per heavy atom. The third-order valence-corrected chi connectivity index (χ3v) is 3.40. The fraction of sp³-hybridized carbons (Fsp3) is 1.00. The summed E-state index contributed by atoms with van der Waals surface area (Å²) in [7, 11) is 0. The van der Waals surface area contributed by atoms with Crippen molar-refractivity contribution in [1.29, 1.82) is 0 Å². The highest BCUT2D eigenvalue weighted by atomic mass is 16.5. The van der Waals surface area contributed by atoms with Crippen molar-refractivity contribution in [3.8, 4) is 0 Å². The summed E-state index contributed by atoms with van der Waals surface area (Å²) in [4.78, 5) is 0. The first-order valence-electron chi connectivity index (χ1n) is 5.81. The fourth-order valence-electron chi connectivity index (χ4n) is 2.11. The lowest BCUT2D eigenvalue weighted by Gasteiger charge is -2.31. The summed E-state index contributed by atoms with van der Waals surface area (Å²) in [6.45, 7) is 6.35. The molecule has 0 saturated carbocycles. The highest BCUT2D eigenvalue weighted by molar-refractivity contribution is 4.78. The third kappa shape index (κ3) is 3.56. The molecule has 0 aromatic heterocycles. The standard InChI is InChI=1S/C11H24N2O/c1-3-9(2)8-11(13-12)10-4-6-14-7-5-10/h9-11,13H,3-8,12H2,1-2H3. The zero-order valence-electron chi connectivity index (χ0n) is 9.46. The van der Waals surface area contributed by atoms with Crippen molar-refractivity contribution in [2.24, 2.45) is 17.7 Å². The van der Waals surface area contributed by atoms with Gasteiger partial charge in [-0.05, 0) is 31.1 Å². The van der Waals surface area contributed by atoms with Crippen LogP contribution in [0.5, 0.6) is 0 Å². The molecule has 3 nitrogen and oxygen atoms in total. The molecule has 14 heavy (non-hydrogen) atoms. The SMILES string of the molecule is CCC(C)CC(NN)C1CCOCC1. The van der Waals surface area contributed by atoms with Gasteiger partial charge in [0.05, 0.1) is 0 Å². The summed E-state index contributed by atoms with van der Waals surface area (Å²) in [6.07, 6.45) is 4.75. The molecule has 3 heteroatoms. The molecule has 1 aliphatic rings. The molecule has 84 valence electrons. The first-order valence-corrected chi connectivity index (χ1v) is 5.81. The highest BCUT2D eigenvalue weighted by Gasteiger charge is 2.23. The van der Waals surface area contributed by atoms with E-state index in [1.165, 1.54) is 12.8 Å². The molecule has 0 amide bonds. The molecule has 1 heterocycles. The normalized spacial score (nSPS) is 23.4. The molecule has 0 bridgehead atoms. The van der Waals surface area contributed by atoms with E-state index in [2.05, 4.69) is 19.3 Å². The summed E-state index contributed by atoms with van der Waals surface area (Å²) in [5.74, 6) is 7.09. The zero-order chi connectivity index (χ0) is 10.4. The smallest absolute Gasteiger partial charge is 0.0469 e. The number of nitrogens with two attached hydrogens (primary N) is 1. The van der Waals surface area contributed by atoms with E-state index in [1.54, 1.807) is 0 Å². The predicted octanol–water partition coefficient (Wildman–Crippen LogP) is 1.68. The maximum Gasteiger partial charge on any atom is 0.0469 e. The van der Waals surface area contributed by atoms with E-state index in [4.69, 9.17) is 10.6 Å². The largest absolute Gasteiger partial charge is 0.381 e. The maximum absolute atomic E-state index is 5.62. The minimum Gasteiger partial charge on any atom is -0.381 e. The lowest BCUT2D eigenvalue weighted by Crippen LogP contribution is -2.43. The Kier molecular flexibility index (Phi) is 5.45. The van der Waals surface area contributed by atoms with Crippen LogP contribution in [0.2, 0.25) is 0 Å². The second-order valence-electron chi connectivity index (χ2n) is 4.47. The Hall–Kier alpha value is -0.120. The number of hydrazine groups is 1. The second kappa shape index (κ2) is 6.38. The van der Waals surface area contributed by atoms with Crippen LogP contribution in [0.3, 0.4) is 0 Å². The van der Waals surface area contributed by atoms with Gasteiger partial charge < -0.3 is 4.74 Å². The van der Waals surface area contributed by atoms with Gasteiger partial charge in [0.25, 0.3) is 0 Å². The summed E-state index contributed by atoms with van der Waals surface area (Å²) in [5, 5.41) is 0. The van der Waals surface area contributed by atoms with E-state index >= 15 is 0 Å². The Labute approximate surface area is 87.4 Å². The van der Waals surface area contributed by atoms with Crippen LogP contribution in [-0.4, -0.2) is 19.3 Å². The molecule has 0 aromatic carbocycles. The van der Waals surface area contributed by atoms with Crippen molar-refractivity contribution >= 4 is 0 Å². The second-order valence-corrected chi connectivity index (χ2v) is 4.47. The molecular formula is C11H24N2O. The van der Waals surface area contributed by atoms with E-state index in [0.29, 0.717) is 12.0 Å². The van der Waals surface area contributed by atoms with Crippen molar-refractivity contribution in [1.82, 2.24) is 5.43 Å². The molecule has 1 aliphatic heterocycles. The topological polar surface area (TPSA) is 47.3 Å². The molecule has 3 N–H and O–H groups in total. The molecule has 2 atom stereocenters. The molecule has 1 rings (SSSR count). The lowest BCUT2D eigenvalue weighted by atomic mass is 9.86. The quantitative estimate of drug-likeness (QED) is 0.524. The zero-order valence-corrected chi connectivity index (χ0v) is 9.46. The predicted molar refractivity (Wildman–Crippen MR) is 58.7 cm³/mol. The number of hydrogen-bond acceptors (Lipinski definition) is 3. The molecular weight excluding hydrogens is 176 g/mol. The van der Waals surface area contributed by atoms with Gasteiger partial charge in [0.1, 0.15) is 0 Å². The first-order chi connectivity index (χ1) is 6.77. The van der Waals surface area contributed by atoms with Crippen LogP contribution < -0.4 is 11.3 Å². The number of rotatable bonds is 5. The van der Waals surface area contributed by atoms with Gasteiger partial charge in [-0.15, -0.1) is 0 Å². The average Bonchev–Trinajstić information content (AvgIpc) is 2.26. The Bertz CT molecular complexity index is 146. The van der Waals surface area contributed by atoms with Crippen LogP contribution in [-0.2, 0) is 4.74 Å². The summed E-state index contributed by atoms with van der Waals surface area (Å²) < 4.78 is 5.36. The monoisotopic (exact) mass is 200 g/mol. The van der Waals surface area contributed by atoms with E-state index in [0.717, 1.165) is 32.0 Å². The van der Waals surface area contributed by atoms with Crippen LogP contribution in [0.4, 0.5) is 0 Å². The van der Waals surface area contributed by atoms with Gasteiger partial charge in [0, 0.05) is 19.3 Å². The number of nitrogens with one attached hydrogen (secondary N) is 1. The minimum atomic E-state index is 0.480. The molecule has 0 aromatic rings. The molecule has 1 fully saturated rings. The van der Waals surface area contributed by atoms with Crippen LogP contribution >= 0.6 is 0 Å². The van der Waals surface area contributed by atoms with Gasteiger partial charge in [-0.3, -0.25) is 11.3 Å². The summed E-state index contributed by atoms with van der Waals surface area (Å²) in [6, 6.07) is 0.480. The van der Waals surface area contributed by atoms with Gasteiger partial charge in [0.2, 0.25) is 0 Å². The van der Waals surface area contributed by atoms with Crippen LogP contribution in [0, 0.1) is 11.8 Å². The summed E-state index contributed by atoms with van der Waals surface area (Å²) >= 11 is 0. The van der Waals surface area contributed by atoms with Crippen molar-refractivity contribution in [3.05, 3.63) is 0 Å². The molecule has 0 radical (unpaired) electrons. The van der Waals surface area contributed by atoms with Gasteiger partial charge in [-0.1, -0.05) is 20.3 Å². The number of hydrogen-bond donors (Lipinski definition) is 2. The Balaban J connectivity index is 2.35. The van der Waals surface area contributed by atoms with E-state index in [1.807, 2.05) is 0 Å². The summed E-state index contributed by atoms with van der Waals surface area (Å²) in [5.41, 5.74) is 2.98. The van der Waals surface area contributed by atoms with Crippen LogP contribution in [0.1, 0.15) is 39.5 Å². The van der Waals surface area contributed by atoms with Gasteiger partial charge >= 0.3 is 0 Å². The minimum absolute atomic E-state index is 0.480. The van der Waals surface area contributed by atoms with Crippen molar-refractivity contribution in [2.45, 2.75) is 45.6 Å². The Morgan fingerprint density at radius 3 is 2.57 bits per heavy atom. The molecule has 0 aliphatic carbocycles. The van der Waals surface area contributed by atoms with Gasteiger partial charge in [0.15, 0.2) is 0 Å². The third-order valence-electron chi connectivity index (χ3n) is 3.40. The average molecular weight is 200 g/mol. The van der Waals surface area contributed by atoms with Crippen molar-refractivity contribution < 1.29 is 4.74 Å². The molecule has 1 saturated heterocycles. The Morgan fingerprint density at radius 1 is 1.43 bits per heavy atom. The van der Waals surface area contributed by atoms with E-state index < -0.39 is 0 Å². The number of ether oxygens (including phenoxy) is 1.